The summed E-state index contributed by atoms with van der Waals surface area (Å²) in [6.07, 6.45) is 0. The molecule has 0 atom stereocenters. The van der Waals surface area contributed by atoms with Gasteiger partial charge in [-0.15, -0.1) is 0 Å². The summed E-state index contributed by atoms with van der Waals surface area (Å²) in [6.45, 7) is 3.12. The van der Waals surface area contributed by atoms with Gasteiger partial charge in [-0.25, -0.2) is 4.39 Å². The fourth-order valence-corrected chi connectivity index (χ4v) is 1.63. The number of rotatable bonds is 2. The van der Waals surface area contributed by atoms with Gasteiger partial charge in [0.2, 0.25) is 0 Å². The number of nitrogens with one attached hydrogen (secondary N) is 2. The van der Waals surface area contributed by atoms with E-state index in [1.807, 2.05) is 0 Å². The van der Waals surface area contributed by atoms with E-state index in [1.165, 1.54) is 18.2 Å². The minimum Gasteiger partial charge on any atom is -0.321 e. The molecule has 5 heteroatoms. The predicted octanol–water partition coefficient (Wildman–Crippen LogP) is 1.56. The van der Waals surface area contributed by atoms with Crippen LogP contribution in [0.15, 0.2) is 29.3 Å². The monoisotopic (exact) mass is 245 g/mol. The van der Waals surface area contributed by atoms with Gasteiger partial charge in [0.05, 0.1) is 5.69 Å². The molecule has 0 radical (unpaired) electrons. The van der Waals surface area contributed by atoms with Crippen LogP contribution in [-0.2, 0) is 4.79 Å². The van der Waals surface area contributed by atoms with E-state index < -0.39 is 5.82 Å². The zero-order valence-electron chi connectivity index (χ0n) is 9.88. The van der Waals surface area contributed by atoms with Gasteiger partial charge in [-0.2, -0.15) is 5.26 Å². The maximum atomic E-state index is 13.3. The fraction of sp³-hybridized carbons (Fsp3) is 0.231. The van der Waals surface area contributed by atoms with Crippen molar-refractivity contribution in [2.45, 2.75) is 6.92 Å². The molecule has 1 aromatic rings. The Bertz CT molecular complexity index is 566. The minimum absolute atomic E-state index is 0.143. The van der Waals surface area contributed by atoms with Crippen LogP contribution in [0, 0.1) is 17.1 Å². The molecule has 1 heterocycles. The number of amides is 1. The summed E-state index contributed by atoms with van der Waals surface area (Å²) >= 11 is 0. The van der Waals surface area contributed by atoms with Crippen LogP contribution in [0.3, 0.4) is 0 Å². The molecule has 1 aliphatic rings. The molecule has 0 unspecified atom stereocenters. The van der Waals surface area contributed by atoms with Crippen LogP contribution >= 0.6 is 0 Å². The molecule has 1 amide bonds. The molecule has 1 aromatic carbocycles. The Morgan fingerprint density at radius 1 is 1.50 bits per heavy atom. The van der Waals surface area contributed by atoms with E-state index in [2.05, 4.69) is 10.6 Å². The molecule has 0 spiro atoms. The van der Waals surface area contributed by atoms with Crippen molar-refractivity contribution in [3.8, 4) is 6.07 Å². The van der Waals surface area contributed by atoms with Crippen molar-refractivity contribution < 1.29 is 9.18 Å². The molecule has 2 rings (SSSR count). The summed E-state index contributed by atoms with van der Waals surface area (Å²) in [5.41, 5.74) is 1.70. The topological polar surface area (TPSA) is 64.9 Å². The first-order valence-electron chi connectivity index (χ1n) is 5.52. The second-order valence-corrected chi connectivity index (χ2v) is 4.06. The van der Waals surface area contributed by atoms with E-state index in [9.17, 15) is 9.18 Å². The van der Waals surface area contributed by atoms with Gasteiger partial charge in [-0.05, 0) is 24.6 Å². The Kier molecular flexibility index (Phi) is 3.40. The number of benzene rings is 1. The second kappa shape index (κ2) is 4.98. The lowest BCUT2D eigenvalue weighted by Crippen LogP contribution is -2.36. The number of hydrogen-bond acceptors (Lipinski definition) is 3. The van der Waals surface area contributed by atoms with Crippen molar-refractivity contribution in [1.82, 2.24) is 5.32 Å². The van der Waals surface area contributed by atoms with E-state index in [1.54, 1.807) is 13.0 Å². The van der Waals surface area contributed by atoms with Crippen molar-refractivity contribution in [2.75, 3.05) is 18.4 Å². The molecule has 1 fully saturated rings. The Morgan fingerprint density at radius 3 is 2.78 bits per heavy atom. The normalized spacial score (nSPS) is 13.5. The number of nitriles is 1. The van der Waals surface area contributed by atoms with Gasteiger partial charge in [0, 0.05) is 18.7 Å². The maximum Gasteiger partial charge on any atom is 0.251 e. The SMILES string of the molecule is CC(C(=O)Nc1cccc(F)c1C#N)=C1CNC1. The third kappa shape index (κ3) is 2.24. The average Bonchev–Trinajstić information content (AvgIpc) is 2.27. The van der Waals surface area contributed by atoms with Crippen LogP contribution in [0.2, 0.25) is 0 Å². The summed E-state index contributed by atoms with van der Waals surface area (Å²) in [7, 11) is 0. The number of hydrogen-bond donors (Lipinski definition) is 2. The van der Waals surface area contributed by atoms with Crippen LogP contribution in [0.25, 0.3) is 0 Å². The highest BCUT2D eigenvalue weighted by Gasteiger charge is 2.17. The first kappa shape index (κ1) is 12.3. The van der Waals surface area contributed by atoms with Crippen molar-refractivity contribution in [3.63, 3.8) is 0 Å². The van der Waals surface area contributed by atoms with E-state index in [0.29, 0.717) is 18.7 Å². The number of anilines is 1. The van der Waals surface area contributed by atoms with Crippen LogP contribution in [-0.4, -0.2) is 19.0 Å². The summed E-state index contributed by atoms with van der Waals surface area (Å²) in [6, 6.07) is 5.90. The van der Waals surface area contributed by atoms with E-state index >= 15 is 0 Å². The molecule has 0 aliphatic carbocycles. The fourth-order valence-electron chi connectivity index (χ4n) is 1.63. The van der Waals surface area contributed by atoms with Crippen molar-refractivity contribution >= 4 is 11.6 Å². The molecule has 4 nitrogen and oxygen atoms in total. The lowest BCUT2D eigenvalue weighted by atomic mass is 10.0. The zero-order chi connectivity index (χ0) is 13.1. The van der Waals surface area contributed by atoms with Gasteiger partial charge in [0.15, 0.2) is 0 Å². The van der Waals surface area contributed by atoms with Crippen LogP contribution in [0.1, 0.15) is 12.5 Å². The maximum absolute atomic E-state index is 13.3. The largest absolute Gasteiger partial charge is 0.321 e. The van der Waals surface area contributed by atoms with E-state index in [-0.39, 0.29) is 17.2 Å². The molecule has 0 bridgehead atoms. The van der Waals surface area contributed by atoms with Gasteiger partial charge >= 0.3 is 0 Å². The van der Waals surface area contributed by atoms with Gasteiger partial charge in [-0.3, -0.25) is 4.79 Å². The summed E-state index contributed by atoms with van der Waals surface area (Å²) < 4.78 is 13.3. The van der Waals surface area contributed by atoms with Crippen molar-refractivity contribution in [3.05, 3.63) is 40.7 Å². The lowest BCUT2D eigenvalue weighted by Gasteiger charge is -2.21. The van der Waals surface area contributed by atoms with Gasteiger partial charge in [-0.1, -0.05) is 6.07 Å². The van der Waals surface area contributed by atoms with Crippen molar-refractivity contribution in [2.24, 2.45) is 0 Å². The molecular weight excluding hydrogens is 233 g/mol. The first-order valence-corrected chi connectivity index (χ1v) is 5.52. The number of carbonyl (C=O) groups is 1. The highest BCUT2D eigenvalue weighted by Crippen LogP contribution is 2.19. The van der Waals surface area contributed by atoms with Gasteiger partial charge in [0.1, 0.15) is 17.4 Å². The van der Waals surface area contributed by atoms with Crippen LogP contribution in [0.4, 0.5) is 10.1 Å². The third-order valence-corrected chi connectivity index (χ3v) is 2.92. The summed E-state index contributed by atoms with van der Waals surface area (Å²) in [5.74, 6) is -0.931. The average molecular weight is 245 g/mol. The van der Waals surface area contributed by atoms with Gasteiger partial charge in [0.25, 0.3) is 5.91 Å². The molecule has 1 saturated heterocycles. The van der Waals surface area contributed by atoms with Crippen molar-refractivity contribution in [1.29, 1.82) is 5.26 Å². The molecule has 2 N–H and O–H groups in total. The highest BCUT2D eigenvalue weighted by molar-refractivity contribution is 6.04. The van der Waals surface area contributed by atoms with E-state index in [4.69, 9.17) is 5.26 Å². The Hall–Kier alpha value is -2.19. The Labute approximate surface area is 104 Å². The smallest absolute Gasteiger partial charge is 0.251 e. The third-order valence-electron chi connectivity index (χ3n) is 2.92. The quantitative estimate of drug-likeness (QED) is 0.777. The Morgan fingerprint density at radius 2 is 2.22 bits per heavy atom. The number of nitrogens with zero attached hydrogens (tertiary/aromatic N) is 1. The van der Waals surface area contributed by atoms with Gasteiger partial charge < -0.3 is 10.6 Å². The Balaban J connectivity index is 2.23. The highest BCUT2D eigenvalue weighted by atomic mass is 19.1. The number of carbonyl (C=O) groups excluding carboxylic acids is 1. The lowest BCUT2D eigenvalue weighted by molar-refractivity contribution is -0.112. The zero-order valence-corrected chi connectivity index (χ0v) is 9.88. The van der Waals surface area contributed by atoms with E-state index in [0.717, 1.165) is 5.57 Å². The summed E-state index contributed by atoms with van der Waals surface area (Å²) in [5, 5.41) is 14.5. The summed E-state index contributed by atoms with van der Waals surface area (Å²) in [4.78, 5) is 11.9. The number of halogens is 1. The molecular formula is C13H12FN3O. The molecule has 1 aliphatic heterocycles. The van der Waals surface area contributed by atoms with Crippen LogP contribution in [0.5, 0.6) is 0 Å². The van der Waals surface area contributed by atoms with Crippen LogP contribution < -0.4 is 10.6 Å². The molecule has 0 aromatic heterocycles. The standard InChI is InChI=1S/C13H12FN3O/c1-8(9-6-16-7-9)13(18)17-12-4-2-3-11(14)10(12)5-15/h2-4,16H,6-7H2,1H3,(H,17,18). The molecule has 92 valence electrons. The molecule has 18 heavy (non-hydrogen) atoms. The minimum atomic E-state index is -0.633. The first-order chi connectivity index (χ1) is 8.63. The second-order valence-electron chi connectivity index (χ2n) is 4.06. The predicted molar refractivity (Wildman–Crippen MR) is 65.3 cm³/mol. The molecule has 0 saturated carbocycles.